The molecule has 3 aromatic carbocycles. The average molecular weight is 408 g/mol. The maximum atomic E-state index is 12.5. The molecule has 0 aromatic heterocycles. The van der Waals surface area contributed by atoms with Crippen molar-refractivity contribution in [3.63, 3.8) is 0 Å². The molecule has 0 aliphatic carbocycles. The third-order valence-corrected chi connectivity index (χ3v) is 4.95. The van der Waals surface area contributed by atoms with Gasteiger partial charge in [-0.2, -0.15) is 0 Å². The van der Waals surface area contributed by atoms with E-state index in [1.807, 2.05) is 36.4 Å². The maximum absolute atomic E-state index is 12.5. The number of amides is 1. The predicted octanol–water partition coefficient (Wildman–Crippen LogP) is 4.62. The van der Waals surface area contributed by atoms with Gasteiger partial charge in [0.15, 0.2) is 0 Å². The molecule has 0 spiro atoms. The van der Waals surface area contributed by atoms with Crippen LogP contribution in [0, 0.1) is 0 Å². The Morgan fingerprint density at radius 3 is 2.17 bits per heavy atom. The standard InChI is InChI=1S/C24H26ClN3O/c1-28(2)16-18-5-3-17(4-6-18)13-14-27-24(29)22-12-9-20(15-23(22)26)19-7-10-21(25)11-8-19/h3-12,15H,13-14,16,26H2,1-2H3,(H,27,29). The Morgan fingerprint density at radius 2 is 1.55 bits per heavy atom. The van der Waals surface area contributed by atoms with Gasteiger partial charge in [-0.25, -0.2) is 0 Å². The highest BCUT2D eigenvalue weighted by Crippen LogP contribution is 2.25. The summed E-state index contributed by atoms with van der Waals surface area (Å²) in [6, 6.07) is 21.5. The number of halogens is 1. The topological polar surface area (TPSA) is 58.4 Å². The molecular weight excluding hydrogens is 382 g/mol. The first-order chi connectivity index (χ1) is 13.9. The smallest absolute Gasteiger partial charge is 0.253 e. The number of hydrogen-bond donors (Lipinski definition) is 2. The molecule has 3 aromatic rings. The number of nitrogens with two attached hydrogens (primary N) is 1. The van der Waals surface area contributed by atoms with Crippen LogP contribution in [0.1, 0.15) is 21.5 Å². The zero-order valence-electron chi connectivity index (χ0n) is 16.8. The molecular formula is C24H26ClN3O. The van der Waals surface area contributed by atoms with Crippen molar-refractivity contribution in [2.45, 2.75) is 13.0 Å². The van der Waals surface area contributed by atoms with Crippen LogP contribution in [0.15, 0.2) is 66.7 Å². The number of carbonyl (C=O) groups is 1. The Kier molecular flexibility index (Phi) is 6.91. The average Bonchev–Trinajstić information content (AvgIpc) is 2.69. The zero-order valence-corrected chi connectivity index (χ0v) is 17.5. The van der Waals surface area contributed by atoms with E-state index in [0.717, 1.165) is 24.1 Å². The number of carbonyl (C=O) groups excluding carboxylic acids is 1. The van der Waals surface area contributed by atoms with Crippen LogP contribution < -0.4 is 11.1 Å². The molecule has 3 N–H and O–H groups in total. The molecule has 29 heavy (non-hydrogen) atoms. The summed E-state index contributed by atoms with van der Waals surface area (Å²) in [5.74, 6) is -0.158. The van der Waals surface area contributed by atoms with E-state index in [9.17, 15) is 4.79 Å². The molecule has 0 aliphatic rings. The second kappa shape index (κ2) is 9.59. The van der Waals surface area contributed by atoms with Gasteiger partial charge in [-0.3, -0.25) is 4.79 Å². The van der Waals surface area contributed by atoms with Crippen LogP contribution in [0.25, 0.3) is 11.1 Å². The van der Waals surface area contributed by atoms with Crippen LogP contribution in [0.4, 0.5) is 5.69 Å². The van der Waals surface area contributed by atoms with E-state index < -0.39 is 0 Å². The van der Waals surface area contributed by atoms with Crippen LogP contribution >= 0.6 is 11.6 Å². The van der Waals surface area contributed by atoms with Gasteiger partial charge < -0.3 is 16.0 Å². The van der Waals surface area contributed by atoms with E-state index >= 15 is 0 Å². The summed E-state index contributed by atoms with van der Waals surface area (Å²) in [7, 11) is 4.11. The minimum Gasteiger partial charge on any atom is -0.398 e. The fourth-order valence-electron chi connectivity index (χ4n) is 3.18. The third kappa shape index (κ3) is 5.83. The lowest BCUT2D eigenvalue weighted by molar-refractivity contribution is 0.0955. The monoisotopic (exact) mass is 407 g/mol. The van der Waals surface area contributed by atoms with Gasteiger partial charge in [0, 0.05) is 23.8 Å². The van der Waals surface area contributed by atoms with Crippen molar-refractivity contribution in [3.8, 4) is 11.1 Å². The van der Waals surface area contributed by atoms with Crippen LogP contribution in [-0.2, 0) is 13.0 Å². The molecule has 4 nitrogen and oxygen atoms in total. The van der Waals surface area contributed by atoms with Gasteiger partial charge in [-0.15, -0.1) is 0 Å². The first kappa shape index (κ1) is 20.9. The van der Waals surface area contributed by atoms with Gasteiger partial charge in [0.05, 0.1) is 5.56 Å². The van der Waals surface area contributed by atoms with Gasteiger partial charge in [0.2, 0.25) is 0 Å². The van der Waals surface area contributed by atoms with Crippen molar-refractivity contribution < 1.29 is 4.79 Å². The number of nitrogens with one attached hydrogen (secondary N) is 1. The molecule has 0 atom stereocenters. The first-order valence-corrected chi connectivity index (χ1v) is 9.96. The van der Waals surface area contributed by atoms with E-state index in [-0.39, 0.29) is 5.91 Å². The van der Waals surface area contributed by atoms with Crippen LogP contribution in [-0.4, -0.2) is 31.4 Å². The lowest BCUT2D eigenvalue weighted by atomic mass is 10.0. The zero-order chi connectivity index (χ0) is 20.8. The molecule has 5 heteroatoms. The molecule has 0 heterocycles. The SMILES string of the molecule is CN(C)Cc1ccc(CCNC(=O)c2ccc(-c3ccc(Cl)cc3)cc2N)cc1. The molecule has 0 radical (unpaired) electrons. The molecule has 1 amide bonds. The number of hydrogen-bond acceptors (Lipinski definition) is 3. The van der Waals surface area contributed by atoms with Crippen molar-refractivity contribution in [2.24, 2.45) is 0 Å². The van der Waals surface area contributed by atoms with Gasteiger partial charge in [0.25, 0.3) is 5.91 Å². The van der Waals surface area contributed by atoms with E-state index in [1.165, 1.54) is 11.1 Å². The number of benzene rings is 3. The fourth-order valence-corrected chi connectivity index (χ4v) is 3.31. The first-order valence-electron chi connectivity index (χ1n) is 9.58. The Balaban J connectivity index is 1.57. The third-order valence-electron chi connectivity index (χ3n) is 4.69. The van der Waals surface area contributed by atoms with Gasteiger partial charge in [-0.1, -0.05) is 54.1 Å². The molecule has 0 saturated carbocycles. The summed E-state index contributed by atoms with van der Waals surface area (Å²) >= 11 is 5.94. The second-order valence-corrected chi connectivity index (χ2v) is 7.81. The highest BCUT2D eigenvalue weighted by molar-refractivity contribution is 6.30. The van der Waals surface area contributed by atoms with E-state index in [4.69, 9.17) is 17.3 Å². The van der Waals surface area contributed by atoms with Crippen LogP contribution in [0.3, 0.4) is 0 Å². The van der Waals surface area contributed by atoms with Crippen molar-refractivity contribution in [2.75, 3.05) is 26.4 Å². The van der Waals surface area contributed by atoms with Crippen molar-refractivity contribution in [1.82, 2.24) is 10.2 Å². The Hall–Kier alpha value is -2.82. The summed E-state index contributed by atoms with van der Waals surface area (Å²) in [6.07, 6.45) is 0.775. The molecule has 0 fully saturated rings. The number of rotatable bonds is 7. The largest absolute Gasteiger partial charge is 0.398 e. The van der Waals surface area contributed by atoms with Gasteiger partial charge in [-0.05, 0) is 67.0 Å². The van der Waals surface area contributed by atoms with Crippen molar-refractivity contribution in [3.05, 3.63) is 88.4 Å². The quantitative estimate of drug-likeness (QED) is 0.561. The molecule has 0 unspecified atom stereocenters. The summed E-state index contributed by atoms with van der Waals surface area (Å²) in [4.78, 5) is 14.6. The lowest BCUT2D eigenvalue weighted by Crippen LogP contribution is -2.26. The molecule has 0 saturated heterocycles. The minimum absolute atomic E-state index is 0.158. The number of anilines is 1. The Labute approximate surface area is 177 Å². The molecule has 3 rings (SSSR count). The molecule has 0 bridgehead atoms. The highest BCUT2D eigenvalue weighted by atomic mass is 35.5. The summed E-state index contributed by atoms with van der Waals surface area (Å²) in [5.41, 5.74) is 11.5. The maximum Gasteiger partial charge on any atom is 0.253 e. The van der Waals surface area contributed by atoms with E-state index in [2.05, 4.69) is 48.6 Å². The molecule has 0 aliphatic heterocycles. The summed E-state index contributed by atoms with van der Waals surface area (Å²) < 4.78 is 0. The highest BCUT2D eigenvalue weighted by Gasteiger charge is 2.10. The van der Waals surface area contributed by atoms with E-state index in [0.29, 0.717) is 22.8 Å². The number of nitrogens with zero attached hydrogens (tertiary/aromatic N) is 1. The van der Waals surface area contributed by atoms with Gasteiger partial charge >= 0.3 is 0 Å². The predicted molar refractivity (Wildman–Crippen MR) is 121 cm³/mol. The normalized spacial score (nSPS) is 10.9. The summed E-state index contributed by atoms with van der Waals surface area (Å²) in [6.45, 7) is 1.48. The Morgan fingerprint density at radius 1 is 0.931 bits per heavy atom. The second-order valence-electron chi connectivity index (χ2n) is 7.37. The Bertz CT molecular complexity index is 966. The molecule has 150 valence electrons. The fraction of sp³-hybridized carbons (Fsp3) is 0.208. The van der Waals surface area contributed by atoms with Gasteiger partial charge in [0.1, 0.15) is 0 Å². The van der Waals surface area contributed by atoms with Crippen molar-refractivity contribution in [1.29, 1.82) is 0 Å². The summed E-state index contributed by atoms with van der Waals surface area (Å²) in [5, 5.41) is 3.64. The van der Waals surface area contributed by atoms with Crippen molar-refractivity contribution >= 4 is 23.2 Å². The lowest BCUT2D eigenvalue weighted by Gasteiger charge is -2.11. The van der Waals surface area contributed by atoms with Crippen LogP contribution in [0.5, 0.6) is 0 Å². The van der Waals surface area contributed by atoms with E-state index in [1.54, 1.807) is 6.07 Å². The number of nitrogen functional groups attached to an aromatic ring is 1. The minimum atomic E-state index is -0.158. The van der Waals surface area contributed by atoms with Crippen LogP contribution in [0.2, 0.25) is 5.02 Å².